The monoisotopic (exact) mass is 392 g/mol. The second kappa shape index (κ2) is 10.6. The highest BCUT2D eigenvalue weighted by Crippen LogP contribution is 2.15. The Labute approximate surface area is 173 Å². The highest BCUT2D eigenvalue weighted by Gasteiger charge is 2.04. The van der Waals surface area contributed by atoms with Crippen molar-refractivity contribution in [2.24, 2.45) is 4.99 Å². The van der Waals surface area contributed by atoms with E-state index in [9.17, 15) is 0 Å². The largest absolute Gasteiger partial charge is 0.356 e. The van der Waals surface area contributed by atoms with Gasteiger partial charge in [-0.05, 0) is 48.4 Å². The molecule has 2 N–H and O–H groups in total. The number of guanidine groups is 1. The lowest BCUT2D eigenvalue weighted by Gasteiger charge is -2.12. The van der Waals surface area contributed by atoms with Crippen molar-refractivity contribution in [3.63, 3.8) is 0 Å². The molecule has 6 heteroatoms. The van der Waals surface area contributed by atoms with Crippen molar-refractivity contribution >= 4 is 11.6 Å². The number of nitrogens with one attached hydrogen (secondary N) is 2. The van der Waals surface area contributed by atoms with Crippen LogP contribution in [0.5, 0.6) is 0 Å². The summed E-state index contributed by atoms with van der Waals surface area (Å²) in [6, 6.07) is 14.9. The Hall–Kier alpha value is -2.89. The Bertz CT molecular complexity index is 911. The smallest absolute Gasteiger partial charge is 0.190 e. The maximum absolute atomic E-state index is 4.31. The van der Waals surface area contributed by atoms with E-state index < -0.39 is 0 Å². The van der Waals surface area contributed by atoms with Crippen LogP contribution in [0.25, 0.3) is 5.65 Å². The van der Waals surface area contributed by atoms with Gasteiger partial charge in [0.1, 0.15) is 5.82 Å². The molecule has 2 aromatic heterocycles. The van der Waals surface area contributed by atoms with Crippen molar-refractivity contribution in [3.8, 4) is 0 Å². The van der Waals surface area contributed by atoms with E-state index in [4.69, 9.17) is 0 Å². The molecule has 6 nitrogen and oxygen atoms in total. The molecule has 0 saturated heterocycles. The zero-order valence-corrected chi connectivity index (χ0v) is 17.7. The highest BCUT2D eigenvalue weighted by molar-refractivity contribution is 5.79. The molecule has 3 rings (SSSR count). The van der Waals surface area contributed by atoms with Gasteiger partial charge in [0.25, 0.3) is 0 Å². The average molecular weight is 393 g/mol. The number of aryl methyl sites for hydroxylation is 2. The molecule has 3 aromatic rings. The molecule has 0 bridgehead atoms. The third-order valence-electron chi connectivity index (χ3n) is 5.06. The number of aromatic nitrogens is 3. The molecule has 0 aliphatic rings. The second-order valence-electron chi connectivity index (χ2n) is 7.57. The lowest BCUT2D eigenvalue weighted by molar-refractivity contribution is 0.701. The number of hydrogen-bond donors (Lipinski definition) is 2. The number of aliphatic imine (C=N–C) groups is 1. The maximum Gasteiger partial charge on any atom is 0.190 e. The summed E-state index contributed by atoms with van der Waals surface area (Å²) in [4.78, 5) is 4.31. The van der Waals surface area contributed by atoms with Gasteiger partial charge in [0.2, 0.25) is 0 Å². The van der Waals surface area contributed by atoms with Gasteiger partial charge < -0.3 is 10.6 Å². The standard InChI is InChI=1S/C23H32N6/c1-18(2)20-13-11-19(12-14-20)8-6-15-25-23(24-3)26-16-7-10-22-28-27-21-9-4-5-17-29(21)22/h4-5,9,11-14,17-18H,6-8,10,15-16H2,1-3H3,(H2,24,25,26). The van der Waals surface area contributed by atoms with Crippen LogP contribution in [0.3, 0.4) is 0 Å². The van der Waals surface area contributed by atoms with Gasteiger partial charge in [-0.25, -0.2) is 0 Å². The summed E-state index contributed by atoms with van der Waals surface area (Å²) in [5.41, 5.74) is 3.68. The van der Waals surface area contributed by atoms with E-state index in [-0.39, 0.29) is 0 Å². The molecule has 0 spiro atoms. The molecular formula is C23H32N6. The van der Waals surface area contributed by atoms with Gasteiger partial charge in [0.15, 0.2) is 11.6 Å². The van der Waals surface area contributed by atoms with Gasteiger partial charge in [0, 0.05) is 32.8 Å². The van der Waals surface area contributed by atoms with Gasteiger partial charge >= 0.3 is 0 Å². The topological polar surface area (TPSA) is 66.6 Å². The Kier molecular flexibility index (Phi) is 7.61. The highest BCUT2D eigenvalue weighted by atomic mass is 15.2. The number of pyridine rings is 1. The molecule has 0 fully saturated rings. The molecule has 2 heterocycles. The first-order valence-corrected chi connectivity index (χ1v) is 10.5. The van der Waals surface area contributed by atoms with Crippen molar-refractivity contribution in [2.75, 3.05) is 20.1 Å². The Morgan fingerprint density at radius 1 is 0.966 bits per heavy atom. The van der Waals surface area contributed by atoms with E-state index in [1.165, 1.54) is 11.1 Å². The molecule has 29 heavy (non-hydrogen) atoms. The number of rotatable bonds is 9. The van der Waals surface area contributed by atoms with Crippen molar-refractivity contribution in [1.82, 2.24) is 25.2 Å². The number of fused-ring (bicyclic) bond motifs is 1. The fourth-order valence-corrected chi connectivity index (χ4v) is 3.30. The van der Waals surface area contributed by atoms with Crippen molar-refractivity contribution in [3.05, 3.63) is 65.6 Å². The first kappa shape index (κ1) is 20.8. The normalized spacial score (nSPS) is 11.9. The van der Waals surface area contributed by atoms with Gasteiger partial charge in [-0.3, -0.25) is 9.39 Å². The summed E-state index contributed by atoms with van der Waals surface area (Å²) in [5.74, 6) is 2.43. The SMILES string of the molecule is CN=C(NCCCc1ccc(C(C)C)cc1)NCCCc1nnc2ccccn12. The minimum absolute atomic E-state index is 0.587. The minimum atomic E-state index is 0.587. The summed E-state index contributed by atoms with van der Waals surface area (Å²) in [6.07, 6.45) is 6.00. The predicted octanol–water partition coefficient (Wildman–Crippen LogP) is 3.58. The molecule has 0 unspecified atom stereocenters. The van der Waals surface area contributed by atoms with Crippen LogP contribution in [-0.2, 0) is 12.8 Å². The summed E-state index contributed by atoms with van der Waals surface area (Å²) < 4.78 is 2.04. The minimum Gasteiger partial charge on any atom is -0.356 e. The van der Waals surface area contributed by atoms with Crippen LogP contribution < -0.4 is 10.6 Å². The van der Waals surface area contributed by atoms with Crippen LogP contribution in [0.4, 0.5) is 0 Å². The number of nitrogens with zero attached hydrogens (tertiary/aromatic N) is 4. The van der Waals surface area contributed by atoms with Gasteiger partial charge in [-0.1, -0.05) is 44.2 Å². The van der Waals surface area contributed by atoms with E-state index in [2.05, 4.69) is 63.9 Å². The van der Waals surface area contributed by atoms with E-state index in [1.807, 2.05) is 35.8 Å². The predicted molar refractivity (Wildman–Crippen MR) is 120 cm³/mol. The third kappa shape index (κ3) is 6.04. The zero-order valence-electron chi connectivity index (χ0n) is 17.7. The van der Waals surface area contributed by atoms with Crippen LogP contribution in [0, 0.1) is 0 Å². The van der Waals surface area contributed by atoms with Crippen LogP contribution in [0.15, 0.2) is 53.7 Å². The lowest BCUT2D eigenvalue weighted by Crippen LogP contribution is -2.38. The Balaban J connectivity index is 1.33. The van der Waals surface area contributed by atoms with Crippen molar-refractivity contribution in [1.29, 1.82) is 0 Å². The zero-order chi connectivity index (χ0) is 20.5. The molecule has 0 saturated carbocycles. The fraction of sp³-hybridized carbons (Fsp3) is 0.435. The van der Waals surface area contributed by atoms with Crippen molar-refractivity contribution in [2.45, 2.75) is 45.4 Å². The van der Waals surface area contributed by atoms with Crippen molar-refractivity contribution < 1.29 is 0 Å². The van der Waals surface area contributed by atoms with Crippen LogP contribution in [0.2, 0.25) is 0 Å². The van der Waals surface area contributed by atoms with Crippen LogP contribution >= 0.6 is 0 Å². The molecule has 154 valence electrons. The molecular weight excluding hydrogens is 360 g/mol. The Morgan fingerprint density at radius 2 is 1.69 bits per heavy atom. The first-order valence-electron chi connectivity index (χ1n) is 10.5. The van der Waals surface area contributed by atoms with E-state index in [0.717, 1.165) is 56.2 Å². The van der Waals surface area contributed by atoms with Gasteiger partial charge in [-0.15, -0.1) is 10.2 Å². The molecule has 0 aliphatic heterocycles. The molecule has 0 atom stereocenters. The fourth-order valence-electron chi connectivity index (χ4n) is 3.30. The summed E-state index contributed by atoms with van der Waals surface area (Å²) in [5, 5.41) is 15.2. The third-order valence-corrected chi connectivity index (χ3v) is 5.06. The van der Waals surface area contributed by atoms with E-state index >= 15 is 0 Å². The molecule has 1 aromatic carbocycles. The quantitative estimate of drug-likeness (QED) is 0.332. The number of benzene rings is 1. The number of hydrogen-bond acceptors (Lipinski definition) is 3. The second-order valence-corrected chi connectivity index (χ2v) is 7.57. The molecule has 0 aliphatic carbocycles. The average Bonchev–Trinajstić information content (AvgIpc) is 3.16. The summed E-state index contributed by atoms with van der Waals surface area (Å²) >= 11 is 0. The summed E-state index contributed by atoms with van der Waals surface area (Å²) in [6.45, 7) is 6.20. The van der Waals surface area contributed by atoms with Gasteiger partial charge in [-0.2, -0.15) is 0 Å². The Morgan fingerprint density at radius 3 is 2.38 bits per heavy atom. The van der Waals surface area contributed by atoms with E-state index in [1.54, 1.807) is 0 Å². The maximum atomic E-state index is 4.31. The first-order chi connectivity index (χ1) is 14.2. The lowest BCUT2D eigenvalue weighted by atomic mass is 10.0. The van der Waals surface area contributed by atoms with Crippen LogP contribution in [0.1, 0.15) is 49.6 Å². The molecule has 0 radical (unpaired) electrons. The van der Waals surface area contributed by atoms with Gasteiger partial charge in [0.05, 0.1) is 0 Å². The van der Waals surface area contributed by atoms with Crippen LogP contribution in [-0.4, -0.2) is 40.7 Å². The van der Waals surface area contributed by atoms with E-state index in [0.29, 0.717) is 5.92 Å². The molecule has 0 amide bonds. The summed E-state index contributed by atoms with van der Waals surface area (Å²) in [7, 11) is 1.81.